The highest BCUT2D eigenvalue weighted by Gasteiger charge is 2.54. The second-order valence-electron chi connectivity index (χ2n) is 8.86. The largest absolute Gasteiger partial charge is 0.325 e. The van der Waals surface area contributed by atoms with Gasteiger partial charge in [0, 0.05) is 24.4 Å². The monoisotopic (exact) mass is 440 g/mol. The first kappa shape index (κ1) is 22.0. The van der Waals surface area contributed by atoms with Crippen molar-refractivity contribution in [2.24, 2.45) is 5.92 Å². The summed E-state index contributed by atoms with van der Waals surface area (Å²) in [6.45, 7) is 9.37. The normalized spacial score (nSPS) is 22.9. The van der Waals surface area contributed by atoms with Crippen molar-refractivity contribution in [3.05, 3.63) is 51.5 Å². The Balaban J connectivity index is 1.39. The summed E-state index contributed by atoms with van der Waals surface area (Å²) in [6.07, 6.45) is 3.15. The van der Waals surface area contributed by atoms with Gasteiger partial charge in [0.05, 0.1) is 11.2 Å². The van der Waals surface area contributed by atoms with Gasteiger partial charge in [0.2, 0.25) is 0 Å². The second-order valence-corrected chi connectivity index (χ2v) is 9.80. The molecule has 0 radical (unpaired) electrons. The van der Waals surface area contributed by atoms with Gasteiger partial charge in [0.25, 0.3) is 5.91 Å². The van der Waals surface area contributed by atoms with Crippen LogP contribution >= 0.6 is 11.3 Å². The average Bonchev–Trinajstić information content (AvgIpc) is 3.27. The van der Waals surface area contributed by atoms with E-state index >= 15 is 0 Å². The zero-order valence-electron chi connectivity index (χ0n) is 18.7. The minimum absolute atomic E-state index is 0.0423. The van der Waals surface area contributed by atoms with E-state index in [1.54, 1.807) is 11.3 Å². The summed E-state index contributed by atoms with van der Waals surface area (Å²) in [5.41, 5.74) is 4.66. The molecule has 1 N–H and O–H groups in total. The van der Waals surface area contributed by atoms with E-state index in [0.717, 1.165) is 43.0 Å². The number of carbonyl (C=O) groups excluding carboxylic acids is 2. The smallest absolute Gasteiger partial charge is 0.323 e. The molecule has 0 aliphatic carbocycles. The highest BCUT2D eigenvalue weighted by molar-refractivity contribution is 7.09. The molecule has 3 heterocycles. The molecule has 2 aliphatic heterocycles. The first-order valence-electron chi connectivity index (χ1n) is 11.2. The van der Waals surface area contributed by atoms with E-state index < -0.39 is 5.54 Å². The Kier molecular flexibility index (Phi) is 6.44. The molecule has 0 saturated carbocycles. The number of nitrogens with zero attached hydrogens (tertiary/aromatic N) is 3. The van der Waals surface area contributed by atoms with Crippen molar-refractivity contribution in [3.8, 4) is 0 Å². The summed E-state index contributed by atoms with van der Waals surface area (Å²) in [6, 6.07) is 8.41. The van der Waals surface area contributed by atoms with Crippen molar-refractivity contribution >= 4 is 23.3 Å². The Morgan fingerprint density at radius 3 is 2.65 bits per heavy atom. The Bertz CT molecular complexity index is 951. The molecule has 0 spiro atoms. The second kappa shape index (κ2) is 9.09. The molecule has 1 aromatic carbocycles. The lowest BCUT2D eigenvalue weighted by atomic mass is 9.75. The van der Waals surface area contributed by atoms with E-state index in [4.69, 9.17) is 0 Å². The number of hydrogen-bond acceptors (Lipinski definition) is 5. The zero-order valence-corrected chi connectivity index (χ0v) is 19.5. The highest BCUT2D eigenvalue weighted by atomic mass is 32.1. The van der Waals surface area contributed by atoms with Crippen molar-refractivity contribution < 1.29 is 9.59 Å². The van der Waals surface area contributed by atoms with E-state index in [9.17, 15) is 9.59 Å². The third kappa shape index (κ3) is 4.39. The van der Waals surface area contributed by atoms with Crippen LogP contribution in [-0.4, -0.2) is 51.9 Å². The minimum Gasteiger partial charge on any atom is -0.323 e. The Morgan fingerprint density at radius 1 is 1.23 bits per heavy atom. The predicted octanol–water partition coefficient (Wildman–Crippen LogP) is 3.92. The van der Waals surface area contributed by atoms with Gasteiger partial charge in [0.15, 0.2) is 0 Å². The van der Waals surface area contributed by atoms with E-state index in [-0.39, 0.29) is 17.9 Å². The molecular weight excluding hydrogens is 408 g/mol. The summed E-state index contributed by atoms with van der Waals surface area (Å²) in [5.74, 6) is 0.136. The van der Waals surface area contributed by atoms with Crippen LogP contribution in [0.25, 0.3) is 0 Å². The number of nitrogens with one attached hydrogen (secondary N) is 1. The first-order chi connectivity index (χ1) is 14.9. The Labute approximate surface area is 188 Å². The number of likely N-dealkylation sites (tertiary alicyclic amines) is 1. The van der Waals surface area contributed by atoms with Gasteiger partial charge in [-0.15, -0.1) is 11.3 Å². The van der Waals surface area contributed by atoms with Crippen LogP contribution in [0.5, 0.6) is 0 Å². The van der Waals surface area contributed by atoms with E-state index in [1.165, 1.54) is 16.0 Å². The molecule has 166 valence electrons. The number of thiazole rings is 1. The van der Waals surface area contributed by atoms with Crippen LogP contribution in [0.2, 0.25) is 0 Å². The lowest BCUT2D eigenvalue weighted by Crippen LogP contribution is -2.55. The number of imide groups is 1. The molecule has 1 atom stereocenters. The maximum absolute atomic E-state index is 13.4. The van der Waals surface area contributed by atoms with Gasteiger partial charge in [-0.05, 0) is 57.7 Å². The lowest BCUT2D eigenvalue weighted by Gasteiger charge is -2.40. The van der Waals surface area contributed by atoms with Crippen LogP contribution < -0.4 is 5.32 Å². The molecule has 2 fully saturated rings. The molecule has 0 bridgehead atoms. The number of carbonyl (C=O) groups is 2. The third-order valence-corrected chi connectivity index (χ3v) is 7.93. The quantitative estimate of drug-likeness (QED) is 0.663. The van der Waals surface area contributed by atoms with Crippen molar-refractivity contribution in [1.82, 2.24) is 20.1 Å². The molecule has 31 heavy (non-hydrogen) atoms. The Hall–Kier alpha value is -2.25. The van der Waals surface area contributed by atoms with E-state index in [1.807, 2.05) is 19.4 Å². The molecule has 2 aliphatic rings. The van der Waals surface area contributed by atoms with Crippen molar-refractivity contribution in [3.63, 3.8) is 0 Å². The SMILES string of the molecule is CCC1(C2CCN(Cc3cccc(C)c3)CC2)NC(=O)N(CCc2scnc2C)C1=O. The van der Waals surface area contributed by atoms with Gasteiger partial charge in [-0.25, -0.2) is 9.78 Å². The predicted molar refractivity (Wildman–Crippen MR) is 123 cm³/mol. The molecule has 1 aromatic heterocycles. The van der Waals surface area contributed by atoms with Gasteiger partial charge in [-0.3, -0.25) is 14.6 Å². The number of hydrogen-bond donors (Lipinski definition) is 1. The van der Waals surface area contributed by atoms with Crippen LogP contribution in [0.1, 0.15) is 47.9 Å². The summed E-state index contributed by atoms with van der Waals surface area (Å²) in [5, 5.41) is 3.11. The fourth-order valence-electron chi connectivity index (χ4n) is 5.08. The van der Waals surface area contributed by atoms with Crippen molar-refractivity contribution in [2.45, 2.75) is 58.5 Å². The Morgan fingerprint density at radius 2 is 2.00 bits per heavy atom. The summed E-state index contributed by atoms with van der Waals surface area (Å²) < 4.78 is 0. The van der Waals surface area contributed by atoms with Crippen LogP contribution in [0, 0.1) is 19.8 Å². The number of aryl methyl sites for hydroxylation is 2. The van der Waals surface area contributed by atoms with Gasteiger partial charge in [-0.1, -0.05) is 36.8 Å². The molecule has 4 rings (SSSR count). The molecule has 6 nitrogen and oxygen atoms in total. The third-order valence-electron chi connectivity index (χ3n) is 6.94. The topological polar surface area (TPSA) is 65.5 Å². The van der Waals surface area contributed by atoms with E-state index in [2.05, 4.69) is 46.4 Å². The molecule has 3 amide bonds. The van der Waals surface area contributed by atoms with Crippen LogP contribution in [0.15, 0.2) is 29.8 Å². The summed E-state index contributed by atoms with van der Waals surface area (Å²) in [4.78, 5) is 35.5. The lowest BCUT2D eigenvalue weighted by molar-refractivity contribution is -0.134. The van der Waals surface area contributed by atoms with Crippen molar-refractivity contribution in [2.75, 3.05) is 19.6 Å². The zero-order chi connectivity index (χ0) is 22.0. The minimum atomic E-state index is -0.755. The maximum Gasteiger partial charge on any atom is 0.325 e. The van der Waals surface area contributed by atoms with Gasteiger partial charge >= 0.3 is 6.03 Å². The number of piperidine rings is 1. The summed E-state index contributed by atoms with van der Waals surface area (Å²) >= 11 is 1.58. The van der Waals surface area contributed by atoms with Gasteiger partial charge < -0.3 is 5.32 Å². The standard InChI is InChI=1S/C24H32N4O2S/c1-4-24(20-8-11-27(12-9-20)15-19-7-5-6-17(2)14-19)22(29)28(23(30)26-24)13-10-21-18(3)25-16-31-21/h5-7,14,16,20H,4,8-13,15H2,1-3H3,(H,26,30). The van der Waals surface area contributed by atoms with Crippen LogP contribution in [-0.2, 0) is 17.8 Å². The maximum atomic E-state index is 13.4. The molecule has 2 saturated heterocycles. The summed E-state index contributed by atoms with van der Waals surface area (Å²) in [7, 11) is 0. The van der Waals surface area contributed by atoms with Crippen molar-refractivity contribution in [1.29, 1.82) is 0 Å². The highest BCUT2D eigenvalue weighted by Crippen LogP contribution is 2.36. The molecule has 1 unspecified atom stereocenters. The first-order valence-corrected chi connectivity index (χ1v) is 12.1. The average molecular weight is 441 g/mol. The number of rotatable bonds is 7. The van der Waals surface area contributed by atoms with Crippen LogP contribution in [0.4, 0.5) is 4.79 Å². The number of aromatic nitrogens is 1. The molecule has 2 aromatic rings. The van der Waals surface area contributed by atoms with E-state index in [0.29, 0.717) is 19.4 Å². The number of urea groups is 1. The number of benzene rings is 1. The van der Waals surface area contributed by atoms with Gasteiger partial charge in [0.1, 0.15) is 5.54 Å². The fraction of sp³-hybridized carbons (Fsp3) is 0.542. The van der Waals surface area contributed by atoms with Crippen LogP contribution in [0.3, 0.4) is 0 Å². The fourth-order valence-corrected chi connectivity index (χ4v) is 5.86. The molecule has 7 heteroatoms. The molecular formula is C24H32N4O2S. The number of amides is 3. The van der Waals surface area contributed by atoms with Gasteiger partial charge in [-0.2, -0.15) is 0 Å².